The van der Waals surface area contributed by atoms with Gasteiger partial charge in [0, 0.05) is 44.0 Å². The van der Waals surface area contributed by atoms with Crippen molar-refractivity contribution in [1.82, 2.24) is 0 Å². The van der Waals surface area contributed by atoms with Gasteiger partial charge < -0.3 is 33.2 Å². The van der Waals surface area contributed by atoms with Crippen LogP contribution in [0.4, 0.5) is 0 Å². The van der Waals surface area contributed by atoms with Crippen LogP contribution in [0, 0.1) is 0 Å². The number of rotatable bonds is 15. The Balaban J connectivity index is 0.000000447. The Morgan fingerprint density at radius 1 is 0.537 bits per heavy atom. The van der Waals surface area contributed by atoms with Crippen LogP contribution in [0.1, 0.15) is 121 Å². The summed E-state index contributed by atoms with van der Waals surface area (Å²) in [6, 6.07) is 0. The molecule has 0 aliphatic carbocycles. The second-order valence-electron chi connectivity index (χ2n) is 14.4. The molecule has 22 heteroatoms. The molecule has 0 amide bonds. The predicted molar refractivity (Wildman–Crippen MR) is 281 cm³/mol. The molecule has 0 saturated heterocycles. The van der Waals surface area contributed by atoms with Crippen molar-refractivity contribution in [1.29, 1.82) is 0 Å². The van der Waals surface area contributed by atoms with E-state index in [1.807, 2.05) is 27.7 Å². The molecule has 14 nitrogen and oxygen atoms in total. The minimum Gasteiger partial charge on any atom is -0.457 e. The lowest BCUT2D eigenvalue weighted by Gasteiger charge is -2.15. The molecule has 4 heterocycles. The molecular weight excluding hydrogens is 1400 g/mol. The zero-order valence-corrected chi connectivity index (χ0v) is 51.0. The second-order valence-corrected chi connectivity index (χ2v) is 21.9. The van der Waals surface area contributed by atoms with Gasteiger partial charge in [0.15, 0.2) is 17.3 Å². The van der Waals surface area contributed by atoms with Gasteiger partial charge >= 0.3 is 41.8 Å². The summed E-state index contributed by atoms with van der Waals surface area (Å²) < 4.78 is 39.9. The lowest BCUT2D eigenvalue weighted by atomic mass is 10.1. The number of hydrogen-bond acceptors (Lipinski definition) is 14. The molecule has 4 rings (SSSR count). The molecule has 67 heavy (non-hydrogen) atoms. The number of ether oxygens (including phenoxy) is 7. The zero-order chi connectivity index (χ0) is 51.5. The largest absolute Gasteiger partial charge is 0.457 e. The third-order valence-corrected chi connectivity index (χ3v) is 13.6. The highest BCUT2D eigenvalue weighted by Crippen LogP contribution is 2.40. The number of allylic oxidation sites excluding steroid dienone is 7. The first-order chi connectivity index (χ1) is 31.3. The fourth-order valence-corrected chi connectivity index (χ4v) is 11.2. The fourth-order valence-electron chi connectivity index (χ4n) is 5.93. The lowest BCUT2D eigenvalue weighted by molar-refractivity contribution is -0.148. The molecule has 0 bridgehead atoms. The van der Waals surface area contributed by atoms with Crippen molar-refractivity contribution in [3.63, 3.8) is 0 Å². The van der Waals surface area contributed by atoms with Crippen molar-refractivity contribution in [3.05, 3.63) is 83.3 Å². The Morgan fingerprint density at radius 2 is 0.910 bits per heavy atom. The van der Waals surface area contributed by atoms with Crippen molar-refractivity contribution in [2.24, 2.45) is 0 Å². The number of halogens is 8. The summed E-state index contributed by atoms with van der Waals surface area (Å²) in [5.41, 5.74) is 1.79. The Labute approximate surface area is 458 Å². The molecule has 4 aliphatic rings. The zero-order valence-electron chi connectivity index (χ0n) is 38.4. The molecule has 4 aliphatic heterocycles. The van der Waals surface area contributed by atoms with Crippen LogP contribution >= 0.6 is 127 Å². The number of hydrogen-bond donors (Lipinski definition) is 0. The molecule has 0 aromatic rings. The summed E-state index contributed by atoms with van der Waals surface area (Å²) in [5, 5.41) is 0. The number of esters is 7. The van der Waals surface area contributed by atoms with Crippen molar-refractivity contribution in [2.45, 2.75) is 144 Å². The van der Waals surface area contributed by atoms with Gasteiger partial charge in [0.1, 0.15) is 24.1 Å². The summed E-state index contributed by atoms with van der Waals surface area (Å²) >= 11 is 26.4. The van der Waals surface area contributed by atoms with Crippen molar-refractivity contribution < 1.29 is 66.7 Å². The molecule has 0 radical (unpaired) electrons. The topological polar surface area (TPSA) is 184 Å². The highest BCUT2D eigenvalue weighted by atomic mass is 79.9. The monoisotopic (exact) mass is 1450 g/mol. The first-order valence-electron chi connectivity index (χ1n) is 20.7. The van der Waals surface area contributed by atoms with E-state index in [1.165, 1.54) is 25.8 Å². The normalized spacial score (nSPS) is 20.1. The molecule has 0 fully saturated rings. The Kier molecular flexibility index (Phi) is 29.6. The standard InChI is InChI=1S/C12H14Br2O4.C12H15BrO4.C11H12Br2O4.C10H11Br3O2/c1-4-5-8(17-7(3)15)9-10(14)11(6(2)13)18-12(9)16;1-4-5-10(16-8(3)14)9-6-11(7(2)13)17-12(9)15;1-3-4-7(16-6(2)14)9-10(13)8(5-12)17-11(9)15;1-3-4-6(12)7-8(13)9(5(2)11)15-10(7)14/h8H,4-5H2,1-3H3;6,10H,4-5H2,1-3H3;5,7H,3-4H2,1-2H3;6H,3-4H2,1-2H3/b11-6-;11-7-;8-5-;9-5-. The van der Waals surface area contributed by atoms with E-state index >= 15 is 0 Å². The lowest BCUT2D eigenvalue weighted by Crippen LogP contribution is -2.22. The van der Waals surface area contributed by atoms with E-state index in [2.05, 4.69) is 134 Å². The van der Waals surface area contributed by atoms with E-state index in [1.54, 1.807) is 19.9 Å². The quantitative estimate of drug-likeness (QED) is 0.0857. The van der Waals surface area contributed by atoms with Gasteiger partial charge in [-0.15, -0.1) is 0 Å². The molecule has 4 atom stereocenters. The van der Waals surface area contributed by atoms with Crippen LogP contribution in [0.25, 0.3) is 0 Å². The third kappa shape index (κ3) is 19.6. The maximum absolute atomic E-state index is 11.8. The average molecular weight is 1460 g/mol. The van der Waals surface area contributed by atoms with Crippen LogP contribution in [-0.2, 0) is 66.7 Å². The number of cyclic esters (lactones) is 4. The summed E-state index contributed by atoms with van der Waals surface area (Å²) in [5.74, 6) is -1.04. The Bertz CT molecular complexity index is 2170. The smallest absolute Gasteiger partial charge is 0.344 e. The molecule has 0 N–H and O–H groups in total. The van der Waals surface area contributed by atoms with E-state index in [0.717, 1.165) is 45.6 Å². The molecule has 0 aromatic heterocycles. The van der Waals surface area contributed by atoms with E-state index in [0.29, 0.717) is 78.0 Å². The van der Waals surface area contributed by atoms with E-state index in [4.69, 9.17) is 33.2 Å². The van der Waals surface area contributed by atoms with Crippen LogP contribution < -0.4 is 0 Å². The molecule has 0 aromatic carbocycles. The Morgan fingerprint density at radius 3 is 1.25 bits per heavy atom. The fraction of sp³-hybridized carbons (Fsp3) is 0.489. The van der Waals surface area contributed by atoms with Gasteiger partial charge in [-0.3, -0.25) is 14.4 Å². The summed E-state index contributed by atoms with van der Waals surface area (Å²) in [6.45, 7) is 17.3. The minimum atomic E-state index is -0.571. The molecule has 0 saturated carbocycles. The van der Waals surface area contributed by atoms with E-state index in [-0.39, 0.29) is 10.8 Å². The molecule has 372 valence electrons. The van der Waals surface area contributed by atoms with Crippen LogP contribution in [0.5, 0.6) is 0 Å². The Hall–Kier alpha value is -1.95. The SMILES string of the molecule is CCCC(Br)C1=C(Br)/C(=C(\C)Br)OC1=O.CCCC(OC(C)=O)C1=C(Br)/C(=C(\C)Br)OC1=O.CCCC(OC(C)=O)C1=C(Br)/C(=C/Br)OC1=O.CCCC(OC(C)=O)C1=C/C(=C(\C)Br)OC1=O. The summed E-state index contributed by atoms with van der Waals surface area (Å²) in [7, 11) is 0. The molecule has 0 spiro atoms. The van der Waals surface area contributed by atoms with E-state index in [9.17, 15) is 33.6 Å². The number of carbonyl (C=O) groups excluding carboxylic acids is 7. The number of carbonyl (C=O) groups is 7. The van der Waals surface area contributed by atoms with Gasteiger partial charge in [0.2, 0.25) is 0 Å². The minimum absolute atomic E-state index is 0.0497. The van der Waals surface area contributed by atoms with Crippen molar-refractivity contribution in [3.8, 4) is 0 Å². The van der Waals surface area contributed by atoms with E-state index < -0.39 is 54.1 Å². The van der Waals surface area contributed by atoms with Crippen molar-refractivity contribution >= 4 is 169 Å². The molecule has 4 unspecified atom stereocenters. The number of alkyl halides is 1. The third-order valence-electron chi connectivity index (χ3n) is 8.79. The first-order valence-corrected chi connectivity index (χ1v) is 27.3. The second kappa shape index (κ2) is 31.4. The average Bonchev–Trinajstić information content (AvgIpc) is 3.94. The highest BCUT2D eigenvalue weighted by molar-refractivity contribution is 9.13. The predicted octanol–water partition coefficient (Wildman–Crippen LogP) is 13.9. The van der Waals surface area contributed by atoms with Crippen LogP contribution in [0.15, 0.2) is 83.3 Å². The maximum Gasteiger partial charge on any atom is 0.344 e. The first kappa shape index (κ1) is 63.1. The van der Waals surface area contributed by atoms with Gasteiger partial charge in [0.25, 0.3) is 0 Å². The molecular formula is C45H52Br8O14. The maximum atomic E-state index is 11.8. The van der Waals surface area contributed by atoms with Crippen LogP contribution in [0.2, 0.25) is 0 Å². The van der Waals surface area contributed by atoms with Gasteiger partial charge in [-0.25, -0.2) is 19.2 Å². The van der Waals surface area contributed by atoms with Gasteiger partial charge in [-0.05, 0) is 100 Å². The van der Waals surface area contributed by atoms with Gasteiger partial charge in [-0.2, -0.15) is 0 Å². The highest BCUT2D eigenvalue weighted by Gasteiger charge is 2.38. The van der Waals surface area contributed by atoms with Gasteiger partial charge in [0.05, 0.1) is 35.7 Å². The van der Waals surface area contributed by atoms with Crippen molar-refractivity contribution in [2.75, 3.05) is 0 Å². The summed E-state index contributed by atoms with van der Waals surface area (Å²) in [6.07, 6.45) is 6.05. The van der Waals surface area contributed by atoms with Gasteiger partial charge in [-0.1, -0.05) is 133 Å². The van der Waals surface area contributed by atoms with Crippen LogP contribution in [-0.4, -0.2) is 64.9 Å². The summed E-state index contributed by atoms with van der Waals surface area (Å²) in [4.78, 5) is 81.4. The van der Waals surface area contributed by atoms with Crippen LogP contribution in [0.3, 0.4) is 0 Å².